The van der Waals surface area contributed by atoms with E-state index in [1.807, 2.05) is 42.2 Å². The number of aliphatic hydroxyl groups excluding tert-OH is 1. The van der Waals surface area contributed by atoms with Crippen LogP contribution in [0, 0.1) is 18.3 Å². The number of amides is 1. The number of piperazine rings is 1. The zero-order valence-electron chi connectivity index (χ0n) is 17.9. The van der Waals surface area contributed by atoms with Gasteiger partial charge in [-0.15, -0.1) is 6.42 Å². The number of ether oxygens (including phenoxy) is 2. The van der Waals surface area contributed by atoms with E-state index in [4.69, 9.17) is 15.9 Å². The summed E-state index contributed by atoms with van der Waals surface area (Å²) in [5.41, 5.74) is 1.88. The first kappa shape index (κ1) is 22.4. The van der Waals surface area contributed by atoms with Gasteiger partial charge in [0.2, 0.25) is 6.29 Å². The molecule has 2 aliphatic rings. The minimum Gasteiger partial charge on any atom is -0.459 e. The van der Waals surface area contributed by atoms with Crippen molar-refractivity contribution in [3.8, 4) is 12.3 Å². The molecule has 0 aliphatic carbocycles. The van der Waals surface area contributed by atoms with E-state index >= 15 is 0 Å². The van der Waals surface area contributed by atoms with E-state index in [9.17, 15) is 9.90 Å². The summed E-state index contributed by atoms with van der Waals surface area (Å²) in [6.07, 6.45) is 8.28. The Balaban J connectivity index is 1.92. The molecule has 2 aliphatic heterocycles. The Morgan fingerprint density at radius 2 is 1.97 bits per heavy atom. The molecule has 0 saturated carbocycles. The Kier molecular flexibility index (Phi) is 7.92. The quantitative estimate of drug-likeness (QED) is 0.696. The molecule has 0 bridgehead atoms. The highest BCUT2D eigenvalue weighted by Crippen LogP contribution is 2.39. The molecule has 0 radical (unpaired) electrons. The number of hydrogen-bond acceptors (Lipinski definition) is 5. The highest BCUT2D eigenvalue weighted by molar-refractivity contribution is 5.92. The molecule has 1 fully saturated rings. The van der Waals surface area contributed by atoms with E-state index in [1.54, 1.807) is 0 Å². The van der Waals surface area contributed by atoms with Crippen molar-refractivity contribution in [1.82, 2.24) is 9.80 Å². The first-order chi connectivity index (χ1) is 14.6. The van der Waals surface area contributed by atoms with Crippen molar-refractivity contribution >= 4 is 5.91 Å². The topological polar surface area (TPSA) is 62.2 Å². The smallest absolute Gasteiger partial charge is 0.288 e. The standard InChI is InChI=1S/C24H32N2O4/c1-4-18-8-10-19(11-9-18)21-17-22(23(28)26-14-12-25(3)13-15-26)30-24(29-5-2)20(21)7-6-16-27/h1,8-11,17,20-21,24,27H,5-7,12-16H2,2-3H3/t20-,21+,24+/m1/s1. The van der Waals surface area contributed by atoms with Crippen molar-refractivity contribution in [2.24, 2.45) is 5.92 Å². The van der Waals surface area contributed by atoms with Gasteiger partial charge in [-0.25, -0.2) is 0 Å². The molecule has 0 aromatic heterocycles. The van der Waals surface area contributed by atoms with Crippen molar-refractivity contribution in [2.75, 3.05) is 46.4 Å². The Morgan fingerprint density at radius 3 is 2.57 bits per heavy atom. The maximum Gasteiger partial charge on any atom is 0.288 e. The third kappa shape index (κ3) is 5.23. The average Bonchev–Trinajstić information content (AvgIpc) is 2.78. The first-order valence-electron chi connectivity index (χ1n) is 10.7. The Labute approximate surface area is 179 Å². The molecule has 6 nitrogen and oxygen atoms in total. The molecule has 0 spiro atoms. The average molecular weight is 413 g/mol. The molecule has 1 aromatic carbocycles. The number of hydrogen-bond donors (Lipinski definition) is 1. The van der Waals surface area contributed by atoms with Gasteiger partial charge in [-0.05, 0) is 50.6 Å². The van der Waals surface area contributed by atoms with Crippen LogP contribution in [-0.2, 0) is 14.3 Å². The zero-order valence-corrected chi connectivity index (χ0v) is 17.9. The number of carbonyl (C=O) groups excluding carboxylic acids is 1. The molecule has 30 heavy (non-hydrogen) atoms. The fraction of sp³-hybridized carbons (Fsp3) is 0.542. The number of benzene rings is 1. The molecule has 1 saturated heterocycles. The number of carbonyl (C=O) groups is 1. The number of nitrogens with zero attached hydrogens (tertiary/aromatic N) is 2. The third-order valence-electron chi connectivity index (χ3n) is 5.87. The van der Waals surface area contributed by atoms with Crippen LogP contribution in [0.3, 0.4) is 0 Å². The fourth-order valence-electron chi connectivity index (χ4n) is 4.10. The van der Waals surface area contributed by atoms with Crippen LogP contribution in [0.2, 0.25) is 0 Å². The van der Waals surface area contributed by atoms with Crippen LogP contribution >= 0.6 is 0 Å². The van der Waals surface area contributed by atoms with Crippen LogP contribution in [-0.4, -0.2) is 73.5 Å². The molecule has 3 rings (SSSR count). The molecule has 0 unspecified atom stereocenters. The lowest BCUT2D eigenvalue weighted by atomic mass is 9.80. The fourth-order valence-corrected chi connectivity index (χ4v) is 4.10. The van der Waals surface area contributed by atoms with Gasteiger partial charge in [0.05, 0.1) is 0 Å². The Morgan fingerprint density at radius 1 is 1.27 bits per heavy atom. The summed E-state index contributed by atoms with van der Waals surface area (Å²) >= 11 is 0. The lowest BCUT2D eigenvalue weighted by molar-refractivity contribution is -0.170. The lowest BCUT2D eigenvalue weighted by Gasteiger charge is -2.39. The van der Waals surface area contributed by atoms with Gasteiger partial charge in [0, 0.05) is 56.8 Å². The summed E-state index contributed by atoms with van der Waals surface area (Å²) in [6, 6.07) is 7.85. The number of allylic oxidation sites excluding steroid dienone is 1. The van der Waals surface area contributed by atoms with E-state index in [1.165, 1.54) is 0 Å². The van der Waals surface area contributed by atoms with Crippen molar-refractivity contribution < 1.29 is 19.4 Å². The van der Waals surface area contributed by atoms with E-state index in [2.05, 4.69) is 17.9 Å². The van der Waals surface area contributed by atoms with Gasteiger partial charge in [-0.3, -0.25) is 4.79 Å². The molecule has 162 valence electrons. The molecular formula is C24H32N2O4. The lowest BCUT2D eigenvalue weighted by Crippen LogP contribution is -2.49. The van der Waals surface area contributed by atoms with Gasteiger partial charge in [-0.1, -0.05) is 18.1 Å². The predicted molar refractivity (Wildman–Crippen MR) is 116 cm³/mol. The molecule has 2 heterocycles. The van der Waals surface area contributed by atoms with Crippen molar-refractivity contribution in [3.63, 3.8) is 0 Å². The third-order valence-corrected chi connectivity index (χ3v) is 5.87. The van der Waals surface area contributed by atoms with E-state index < -0.39 is 6.29 Å². The van der Waals surface area contributed by atoms with Crippen molar-refractivity contribution in [2.45, 2.75) is 32.0 Å². The van der Waals surface area contributed by atoms with E-state index in [0.29, 0.717) is 31.9 Å². The second-order valence-corrected chi connectivity index (χ2v) is 7.89. The summed E-state index contributed by atoms with van der Waals surface area (Å²) in [4.78, 5) is 17.3. The molecular weight excluding hydrogens is 380 g/mol. The van der Waals surface area contributed by atoms with Gasteiger partial charge >= 0.3 is 0 Å². The van der Waals surface area contributed by atoms with Crippen LogP contribution < -0.4 is 0 Å². The maximum absolute atomic E-state index is 13.2. The SMILES string of the molecule is C#Cc1ccc([C@@H]2C=C(C(=O)N3CCN(C)CC3)O[C@H](OCC)[C@@H]2CCCO)cc1. The number of rotatable bonds is 7. The second kappa shape index (κ2) is 10.6. The number of aliphatic hydroxyl groups is 1. The van der Waals surface area contributed by atoms with Crippen LogP contribution in [0.25, 0.3) is 0 Å². The van der Waals surface area contributed by atoms with Crippen molar-refractivity contribution in [3.05, 3.63) is 47.2 Å². The second-order valence-electron chi connectivity index (χ2n) is 7.89. The molecule has 3 atom stereocenters. The van der Waals surface area contributed by atoms with Gasteiger partial charge < -0.3 is 24.4 Å². The maximum atomic E-state index is 13.2. The van der Waals surface area contributed by atoms with Crippen LogP contribution in [0.1, 0.15) is 36.8 Å². The van der Waals surface area contributed by atoms with Gasteiger partial charge in [0.25, 0.3) is 5.91 Å². The summed E-state index contributed by atoms with van der Waals surface area (Å²) in [7, 11) is 2.06. The molecule has 1 N–H and O–H groups in total. The molecule has 6 heteroatoms. The van der Waals surface area contributed by atoms with Crippen molar-refractivity contribution in [1.29, 1.82) is 0 Å². The molecule has 1 amide bonds. The highest BCUT2D eigenvalue weighted by atomic mass is 16.7. The van der Waals surface area contributed by atoms with Crippen LogP contribution in [0.15, 0.2) is 36.1 Å². The van der Waals surface area contributed by atoms with Crippen LogP contribution in [0.4, 0.5) is 0 Å². The minimum absolute atomic E-state index is 0.00201. The highest BCUT2D eigenvalue weighted by Gasteiger charge is 2.39. The van der Waals surface area contributed by atoms with Gasteiger partial charge in [0.15, 0.2) is 5.76 Å². The summed E-state index contributed by atoms with van der Waals surface area (Å²) in [5.74, 6) is 2.85. The first-order valence-corrected chi connectivity index (χ1v) is 10.7. The Bertz CT molecular complexity index is 775. The summed E-state index contributed by atoms with van der Waals surface area (Å²) < 4.78 is 12.0. The number of likely N-dealkylation sites (N-methyl/N-ethyl adjacent to an activating group) is 1. The van der Waals surface area contributed by atoms with E-state index in [0.717, 1.165) is 30.6 Å². The van der Waals surface area contributed by atoms with Gasteiger partial charge in [-0.2, -0.15) is 0 Å². The monoisotopic (exact) mass is 412 g/mol. The number of terminal acetylenes is 1. The van der Waals surface area contributed by atoms with Gasteiger partial charge in [0.1, 0.15) is 0 Å². The summed E-state index contributed by atoms with van der Waals surface area (Å²) in [5, 5.41) is 9.39. The minimum atomic E-state index is -0.532. The summed E-state index contributed by atoms with van der Waals surface area (Å²) in [6.45, 7) is 5.58. The Hall–Kier alpha value is -2.33. The predicted octanol–water partition coefficient (Wildman–Crippen LogP) is 2.19. The van der Waals surface area contributed by atoms with E-state index in [-0.39, 0.29) is 24.3 Å². The largest absolute Gasteiger partial charge is 0.459 e. The zero-order chi connectivity index (χ0) is 21.5. The van der Waals surface area contributed by atoms with Crippen LogP contribution in [0.5, 0.6) is 0 Å². The molecule has 1 aromatic rings. The normalized spacial score (nSPS) is 24.7.